The van der Waals surface area contributed by atoms with Crippen LogP contribution in [0.3, 0.4) is 0 Å². The molecule has 8 nitrogen and oxygen atoms in total. The zero-order chi connectivity index (χ0) is 21.6. The van der Waals surface area contributed by atoms with Gasteiger partial charge in [-0.25, -0.2) is 0 Å². The highest BCUT2D eigenvalue weighted by atomic mass is 32.2. The Morgan fingerprint density at radius 2 is 1.68 bits per heavy atom. The van der Waals surface area contributed by atoms with E-state index in [1.165, 1.54) is 30.0 Å². The molecule has 0 bridgehead atoms. The van der Waals surface area contributed by atoms with Gasteiger partial charge < -0.3 is 5.32 Å². The third kappa shape index (κ3) is 4.78. The molecular weight excluding hydrogens is 414 g/mol. The highest BCUT2D eigenvalue weighted by Gasteiger charge is 2.17. The van der Waals surface area contributed by atoms with Crippen LogP contribution in [-0.2, 0) is 4.79 Å². The van der Waals surface area contributed by atoms with Crippen molar-refractivity contribution in [3.05, 3.63) is 95.0 Å². The average molecular weight is 431 g/mol. The van der Waals surface area contributed by atoms with Crippen LogP contribution in [0.2, 0.25) is 0 Å². The minimum absolute atomic E-state index is 0.0719. The second kappa shape index (κ2) is 9.23. The van der Waals surface area contributed by atoms with Gasteiger partial charge in [-0.15, -0.1) is 10.2 Å². The molecule has 1 amide bonds. The van der Waals surface area contributed by atoms with Gasteiger partial charge in [-0.05, 0) is 18.2 Å². The molecule has 0 aliphatic heterocycles. The number of rotatable bonds is 7. The number of amides is 1. The maximum atomic E-state index is 12.4. The van der Waals surface area contributed by atoms with Crippen molar-refractivity contribution in [1.29, 1.82) is 0 Å². The molecule has 154 valence electrons. The fraction of sp³-hybridized carbons (Fsp3) is 0.0455. The summed E-state index contributed by atoms with van der Waals surface area (Å²) in [5.41, 5.74) is 2.08. The first kappa shape index (κ1) is 20.3. The lowest BCUT2D eigenvalue weighted by Crippen LogP contribution is -2.14. The Kier molecular flexibility index (Phi) is 6.04. The molecule has 0 aliphatic rings. The molecule has 0 radical (unpaired) electrons. The number of nitro benzene ring substituents is 1. The summed E-state index contributed by atoms with van der Waals surface area (Å²) in [5, 5.41) is 22.8. The standard InChI is InChI=1S/C22H17N5O3S/c28-20(23-17-10-7-13-19(14-17)27(29)30)15-31-22-25-24-21(16-8-3-1-4-9-16)26(22)18-11-5-2-6-12-18/h1-14H,15H2,(H,23,28). The maximum Gasteiger partial charge on any atom is 0.271 e. The Morgan fingerprint density at radius 3 is 2.39 bits per heavy atom. The highest BCUT2D eigenvalue weighted by molar-refractivity contribution is 7.99. The van der Waals surface area contributed by atoms with Gasteiger partial charge in [-0.1, -0.05) is 66.4 Å². The van der Waals surface area contributed by atoms with Gasteiger partial charge in [0, 0.05) is 29.1 Å². The average Bonchev–Trinajstić information content (AvgIpc) is 3.23. The summed E-state index contributed by atoms with van der Waals surface area (Å²) in [4.78, 5) is 22.8. The van der Waals surface area contributed by atoms with Crippen LogP contribution >= 0.6 is 11.8 Å². The van der Waals surface area contributed by atoms with Crippen molar-refractivity contribution in [2.24, 2.45) is 0 Å². The molecular formula is C22H17N5O3S. The van der Waals surface area contributed by atoms with Crippen molar-refractivity contribution in [2.45, 2.75) is 5.16 Å². The van der Waals surface area contributed by atoms with E-state index in [-0.39, 0.29) is 17.3 Å². The molecule has 1 heterocycles. The van der Waals surface area contributed by atoms with Crippen molar-refractivity contribution in [2.75, 3.05) is 11.1 Å². The van der Waals surface area contributed by atoms with Gasteiger partial charge in [0.05, 0.1) is 10.7 Å². The van der Waals surface area contributed by atoms with E-state index in [1.54, 1.807) is 6.07 Å². The lowest BCUT2D eigenvalue weighted by atomic mass is 10.2. The molecule has 31 heavy (non-hydrogen) atoms. The normalized spacial score (nSPS) is 10.6. The van der Waals surface area contributed by atoms with Crippen molar-refractivity contribution >= 4 is 29.0 Å². The number of nitrogens with zero attached hydrogens (tertiary/aromatic N) is 4. The van der Waals surface area contributed by atoms with Crippen molar-refractivity contribution < 1.29 is 9.72 Å². The van der Waals surface area contributed by atoms with Crippen molar-refractivity contribution in [3.63, 3.8) is 0 Å². The van der Waals surface area contributed by atoms with Gasteiger partial charge in [0.1, 0.15) is 0 Å². The molecule has 0 saturated heterocycles. The van der Waals surface area contributed by atoms with Gasteiger partial charge in [0.15, 0.2) is 11.0 Å². The fourth-order valence-corrected chi connectivity index (χ4v) is 3.72. The molecule has 4 aromatic rings. The summed E-state index contributed by atoms with van der Waals surface area (Å²) in [5.74, 6) is 0.449. The highest BCUT2D eigenvalue weighted by Crippen LogP contribution is 2.28. The van der Waals surface area contributed by atoms with Crippen LogP contribution in [0.1, 0.15) is 0 Å². The Morgan fingerprint density at radius 1 is 0.968 bits per heavy atom. The molecule has 3 aromatic carbocycles. The first-order valence-corrected chi connectivity index (χ1v) is 10.3. The van der Waals surface area contributed by atoms with E-state index in [2.05, 4.69) is 15.5 Å². The van der Waals surface area contributed by atoms with Gasteiger partial charge >= 0.3 is 0 Å². The van der Waals surface area contributed by atoms with Crippen LogP contribution < -0.4 is 5.32 Å². The molecule has 0 unspecified atom stereocenters. The smallest absolute Gasteiger partial charge is 0.271 e. The van der Waals surface area contributed by atoms with Gasteiger partial charge in [-0.2, -0.15) is 0 Å². The number of carbonyl (C=O) groups excluding carboxylic acids is 1. The number of hydrogen-bond donors (Lipinski definition) is 1. The second-order valence-corrected chi connectivity index (χ2v) is 7.43. The second-order valence-electron chi connectivity index (χ2n) is 6.49. The first-order chi connectivity index (χ1) is 15.1. The number of hydrogen-bond acceptors (Lipinski definition) is 6. The Hall–Kier alpha value is -3.98. The van der Waals surface area contributed by atoms with Crippen LogP contribution in [0.15, 0.2) is 90.1 Å². The van der Waals surface area contributed by atoms with Crippen molar-refractivity contribution in [3.8, 4) is 17.1 Å². The molecule has 4 rings (SSSR count). The SMILES string of the molecule is O=C(CSc1nnc(-c2ccccc2)n1-c1ccccc1)Nc1cccc([N+](=O)[O-])c1. The first-order valence-electron chi connectivity index (χ1n) is 9.35. The zero-order valence-corrected chi connectivity index (χ0v) is 17.0. The minimum atomic E-state index is -0.502. The van der Waals surface area contributed by atoms with Gasteiger partial charge in [0.2, 0.25) is 5.91 Å². The lowest BCUT2D eigenvalue weighted by Gasteiger charge is -2.10. The van der Waals surface area contributed by atoms with E-state index in [1.807, 2.05) is 65.2 Å². The monoisotopic (exact) mass is 431 g/mol. The van der Waals surface area contributed by atoms with Crippen LogP contribution in [0.4, 0.5) is 11.4 Å². The van der Waals surface area contributed by atoms with Crippen LogP contribution in [0.25, 0.3) is 17.1 Å². The molecule has 0 atom stereocenters. The van der Waals surface area contributed by atoms with Crippen LogP contribution in [0, 0.1) is 10.1 Å². The maximum absolute atomic E-state index is 12.4. The summed E-state index contributed by atoms with van der Waals surface area (Å²) in [6, 6.07) is 25.2. The topological polar surface area (TPSA) is 103 Å². The zero-order valence-electron chi connectivity index (χ0n) is 16.2. The number of carbonyl (C=O) groups is 1. The summed E-state index contributed by atoms with van der Waals surface area (Å²) in [6.45, 7) is 0. The number of aromatic nitrogens is 3. The molecule has 1 N–H and O–H groups in total. The van der Waals surface area contributed by atoms with E-state index >= 15 is 0 Å². The van der Waals surface area contributed by atoms with Gasteiger partial charge in [-0.3, -0.25) is 19.5 Å². The predicted octanol–water partition coefficient (Wildman–Crippen LogP) is 4.57. The molecule has 9 heteroatoms. The third-order valence-electron chi connectivity index (χ3n) is 4.35. The Labute approximate surface area is 182 Å². The third-order valence-corrected chi connectivity index (χ3v) is 5.28. The number of benzene rings is 3. The molecule has 0 saturated carbocycles. The summed E-state index contributed by atoms with van der Waals surface area (Å²) < 4.78 is 1.90. The van der Waals surface area contributed by atoms with Gasteiger partial charge in [0.25, 0.3) is 5.69 Å². The van der Waals surface area contributed by atoms with E-state index in [4.69, 9.17) is 0 Å². The van der Waals surface area contributed by atoms with Crippen LogP contribution in [0.5, 0.6) is 0 Å². The van der Waals surface area contributed by atoms with E-state index < -0.39 is 4.92 Å². The predicted molar refractivity (Wildman–Crippen MR) is 119 cm³/mol. The Bertz CT molecular complexity index is 1210. The molecule has 1 aromatic heterocycles. The summed E-state index contributed by atoms with van der Waals surface area (Å²) >= 11 is 1.24. The number of thioether (sulfide) groups is 1. The van der Waals surface area contributed by atoms with Crippen molar-refractivity contribution in [1.82, 2.24) is 14.8 Å². The number of anilines is 1. The van der Waals surface area contributed by atoms with E-state index in [0.717, 1.165) is 11.3 Å². The number of nitrogens with one attached hydrogen (secondary N) is 1. The number of para-hydroxylation sites is 1. The minimum Gasteiger partial charge on any atom is -0.325 e. The summed E-state index contributed by atoms with van der Waals surface area (Å²) in [6.07, 6.45) is 0. The van der Waals surface area contributed by atoms with E-state index in [9.17, 15) is 14.9 Å². The number of nitro groups is 1. The quantitative estimate of drug-likeness (QED) is 0.261. The Balaban J connectivity index is 1.55. The van der Waals surface area contributed by atoms with E-state index in [0.29, 0.717) is 16.7 Å². The lowest BCUT2D eigenvalue weighted by molar-refractivity contribution is -0.384. The largest absolute Gasteiger partial charge is 0.325 e. The molecule has 0 fully saturated rings. The fourth-order valence-electron chi connectivity index (χ4n) is 2.97. The number of non-ortho nitro benzene ring substituents is 1. The molecule has 0 aliphatic carbocycles. The molecule has 0 spiro atoms. The van der Waals surface area contributed by atoms with Crippen LogP contribution in [-0.4, -0.2) is 31.3 Å². The summed E-state index contributed by atoms with van der Waals surface area (Å²) in [7, 11) is 0.